The summed E-state index contributed by atoms with van der Waals surface area (Å²) in [4.78, 5) is 36.1. The van der Waals surface area contributed by atoms with Gasteiger partial charge >= 0.3 is 0 Å². The smallest absolute Gasteiger partial charge is 0.257 e. The Kier molecular flexibility index (Phi) is 2.06. The summed E-state index contributed by atoms with van der Waals surface area (Å²) in [5, 5.41) is 74.7. The van der Waals surface area contributed by atoms with Gasteiger partial charge in [0, 0.05) is 294 Å². The van der Waals surface area contributed by atoms with Gasteiger partial charge in [0.15, 0.2) is 5.43 Å². The van der Waals surface area contributed by atoms with E-state index in [-0.39, 0.29) is 11.0 Å². The molecule has 30 rings (SSSR count). The molecule has 3 nitrogen and oxygen atoms in total. The van der Waals surface area contributed by atoms with Crippen molar-refractivity contribution < 1.29 is 0 Å². The van der Waals surface area contributed by atoms with Crippen LogP contribution in [0, 0.1) is 0 Å². The van der Waals surface area contributed by atoms with Gasteiger partial charge in [0.05, 0.1) is 15.6 Å². The van der Waals surface area contributed by atoms with Crippen LogP contribution in [0.2, 0.25) is 0 Å². The van der Waals surface area contributed by atoms with Gasteiger partial charge in [0.1, 0.15) is 0 Å². The number of aromatic nitrogens is 1. The topological polar surface area (TPSA) is 49.9 Å². The molecule has 0 bridgehead atoms. The zero-order valence-corrected chi connectivity index (χ0v) is 33.8. The number of rotatable bonds is 0. The number of hydrogen-bond acceptors (Lipinski definition) is 4. The van der Waals surface area contributed by atoms with E-state index < -0.39 is 0 Å². The fraction of sp³-hybridized carbons (Fsp3) is 0. The van der Waals surface area contributed by atoms with Gasteiger partial charge in [-0.15, -0.1) is 22.7 Å². The average molecular weight is 832 g/mol. The molecule has 3 aromatic heterocycles. The van der Waals surface area contributed by atoms with Crippen molar-refractivity contribution in [2.75, 3.05) is 0 Å². The highest BCUT2D eigenvalue weighted by atomic mass is 32.1. The summed E-state index contributed by atoms with van der Waals surface area (Å²) in [5.41, 5.74) is 1.23. The van der Waals surface area contributed by atoms with Crippen molar-refractivity contribution in [3.05, 3.63) is 20.6 Å². The zero-order valence-electron chi connectivity index (χ0n) is 32.1. The predicted molar refractivity (Wildman–Crippen MR) is 281 cm³/mol. The fourth-order valence-corrected chi connectivity index (χ4v) is 24.1. The SMILES string of the molecule is O=c1[nH]c2c3sc4c5c(=O)c6c7sc8c1c1c2c2c9c3c3c4c4c%10c5c6c5c6c7c7c8c8c1c1c2c2c9c9c3c3c4c4c%10c5c5c6c6c7c7c8c1c1c2c2c9c3c3c4c5c4c6c7c1c2c34. The number of benzene rings is 18. The van der Waals surface area contributed by atoms with Crippen molar-refractivity contribution in [1.29, 1.82) is 0 Å². The van der Waals surface area contributed by atoms with Crippen molar-refractivity contribution in [3.8, 4) is 0 Å². The van der Waals surface area contributed by atoms with Crippen LogP contribution in [0.25, 0.3) is 310 Å². The van der Waals surface area contributed by atoms with Crippen LogP contribution in [0.1, 0.15) is 0 Å². The number of nitrogens with one attached hydrogen (secondary N) is 1. The molecule has 3 heterocycles. The number of pyridine rings is 1. The lowest BCUT2D eigenvalue weighted by Gasteiger charge is -2.22. The lowest BCUT2D eigenvalue weighted by molar-refractivity contribution is 1.37. The summed E-state index contributed by atoms with van der Waals surface area (Å²) in [6, 6.07) is 0. The largest absolute Gasteiger partial charge is 0.320 e. The minimum atomic E-state index is 0.0246. The van der Waals surface area contributed by atoms with Crippen LogP contribution >= 0.6 is 22.7 Å². The second-order valence-corrected chi connectivity index (χ2v) is 24.6. The highest BCUT2D eigenvalue weighted by molar-refractivity contribution is 7.28. The molecule has 0 saturated heterocycles. The van der Waals surface area contributed by atoms with Gasteiger partial charge in [-0.3, -0.25) is 9.59 Å². The maximum atomic E-state index is 16.5. The highest BCUT2D eigenvalue weighted by Gasteiger charge is 2.49. The number of aromatic amines is 1. The Balaban J connectivity index is 1.33. The van der Waals surface area contributed by atoms with Gasteiger partial charge in [-0.2, -0.15) is 0 Å². The third kappa shape index (κ3) is 1.35. The molecule has 270 valence electrons. The summed E-state index contributed by atoms with van der Waals surface area (Å²) in [6.45, 7) is 0. The molecule has 0 saturated carbocycles. The quantitative estimate of drug-likeness (QED) is 0.122. The van der Waals surface area contributed by atoms with E-state index in [1.165, 1.54) is 252 Å². The Morgan fingerprint density at radius 3 is 0.677 bits per heavy atom. The summed E-state index contributed by atoms with van der Waals surface area (Å²) in [5.74, 6) is 0. The molecule has 0 aliphatic carbocycles. The van der Waals surface area contributed by atoms with E-state index in [2.05, 4.69) is 4.98 Å². The van der Waals surface area contributed by atoms with Crippen LogP contribution in [0.15, 0.2) is 9.59 Å². The van der Waals surface area contributed by atoms with Crippen molar-refractivity contribution in [3.63, 3.8) is 0 Å². The van der Waals surface area contributed by atoms with E-state index in [4.69, 9.17) is 0 Å². The van der Waals surface area contributed by atoms with Crippen molar-refractivity contribution in [2.24, 2.45) is 0 Å². The molecule has 0 unspecified atom stereocenters. The first-order valence-electron chi connectivity index (χ1n) is 23.2. The second-order valence-electron chi connectivity index (χ2n) is 22.6. The van der Waals surface area contributed by atoms with E-state index in [0.29, 0.717) is 0 Å². The van der Waals surface area contributed by atoms with Crippen molar-refractivity contribution >= 4 is 332 Å². The minimum absolute atomic E-state index is 0.0246. The predicted octanol–water partition coefficient (Wildman–Crippen LogP) is 17.0. The Labute approximate surface area is 355 Å². The average Bonchev–Trinajstić information content (AvgIpc) is 4.19. The fourth-order valence-electron chi connectivity index (χ4n) is 21.3. The maximum absolute atomic E-state index is 16.5. The van der Waals surface area contributed by atoms with Crippen LogP contribution in [0.3, 0.4) is 0 Å². The lowest BCUT2D eigenvalue weighted by Crippen LogP contribution is -2.08. The summed E-state index contributed by atoms with van der Waals surface area (Å²) in [6.07, 6.45) is 0. The number of H-pyrrole nitrogens is 1. The molecule has 65 heavy (non-hydrogen) atoms. The van der Waals surface area contributed by atoms with Crippen LogP contribution < -0.4 is 11.0 Å². The first kappa shape index (κ1) is 24.2. The molecule has 0 fully saturated rings. The van der Waals surface area contributed by atoms with E-state index in [9.17, 15) is 0 Å². The maximum Gasteiger partial charge on any atom is 0.257 e. The molecular weight excluding hydrogens is 831 g/mol. The molecular formula is C60HNO2S2. The Hall–Kier alpha value is -7.96. The monoisotopic (exact) mass is 831 g/mol. The van der Waals surface area contributed by atoms with Gasteiger partial charge in [-0.1, -0.05) is 0 Å². The molecule has 0 atom stereocenters. The van der Waals surface area contributed by atoms with Gasteiger partial charge in [-0.05, 0) is 0 Å². The number of hydrogen-bond donors (Lipinski definition) is 1. The Morgan fingerprint density at radius 2 is 0.369 bits per heavy atom. The molecule has 0 spiro atoms. The molecule has 0 aliphatic rings. The van der Waals surface area contributed by atoms with Gasteiger partial charge < -0.3 is 4.98 Å². The third-order valence-electron chi connectivity index (χ3n) is 21.9. The normalized spacial score (nSPS) is 17.0. The number of fused-ring (bicyclic) bond motifs is 4. The van der Waals surface area contributed by atoms with E-state index in [0.717, 1.165) is 35.8 Å². The highest BCUT2D eigenvalue weighted by Crippen LogP contribution is 2.77. The summed E-state index contributed by atoms with van der Waals surface area (Å²) in [7, 11) is 0. The van der Waals surface area contributed by atoms with Gasteiger partial charge in [0.2, 0.25) is 0 Å². The molecule has 27 aromatic carbocycles. The minimum Gasteiger partial charge on any atom is -0.320 e. The van der Waals surface area contributed by atoms with E-state index in [1.807, 2.05) is 11.3 Å². The molecule has 5 heteroatoms. The van der Waals surface area contributed by atoms with E-state index in [1.54, 1.807) is 32.9 Å². The zero-order chi connectivity index (χ0) is 38.8. The van der Waals surface area contributed by atoms with Crippen molar-refractivity contribution in [1.82, 2.24) is 4.98 Å². The van der Waals surface area contributed by atoms with Gasteiger partial charge in [-0.25, -0.2) is 0 Å². The molecule has 30 aromatic rings. The van der Waals surface area contributed by atoms with Crippen LogP contribution in [0.5, 0.6) is 0 Å². The standard InChI is InChI=1S/C60HNO2S2/c62-55-51-41-33-18-15-7-3-1-2-5-9-10-6(2)14-13-4(1)8(7)16-19(18)34-38-28(16)24(13)32-25(14)30-20(10)26-21-17(9)29-23-12(5)11(3)22-27(15)37(33)47-44(31(22)23)49-39(29)35(21)43-46-36(26)40(30)50-45(32)48(38)57(52(55)42(34)41)65-59(50)54(46)61-60(63)53(43)58(49)64-56(47)51/h(H,61,63). The first-order valence-corrected chi connectivity index (χ1v) is 24.9. The Bertz CT molecular complexity index is 7550. The van der Waals surface area contributed by atoms with Gasteiger partial charge in [0.25, 0.3) is 5.56 Å². The molecule has 0 radical (unpaired) electrons. The third-order valence-corrected chi connectivity index (χ3v) is 24.3. The molecule has 1 N–H and O–H groups in total. The van der Waals surface area contributed by atoms with Crippen LogP contribution in [-0.4, -0.2) is 4.98 Å². The Morgan fingerprint density at radius 1 is 0.185 bits per heavy atom. The second kappa shape index (κ2) is 5.54. The lowest BCUT2D eigenvalue weighted by atomic mass is 9.84. The summed E-state index contributed by atoms with van der Waals surface area (Å²) >= 11 is 3.65. The molecule has 0 aliphatic heterocycles. The van der Waals surface area contributed by atoms with Crippen LogP contribution in [0.4, 0.5) is 0 Å². The van der Waals surface area contributed by atoms with Crippen LogP contribution in [-0.2, 0) is 0 Å². The first-order chi connectivity index (χ1) is 32.3. The van der Waals surface area contributed by atoms with Crippen molar-refractivity contribution in [2.45, 2.75) is 0 Å². The van der Waals surface area contributed by atoms with E-state index >= 15 is 9.59 Å². The molecule has 0 amide bonds. The summed E-state index contributed by atoms with van der Waals surface area (Å²) < 4.78 is 4.52.